The van der Waals surface area contributed by atoms with Crippen LogP contribution in [0.3, 0.4) is 0 Å². The van der Waals surface area contributed by atoms with Crippen LogP contribution in [0.5, 0.6) is 0 Å². The molecule has 1 atom stereocenters. The Bertz CT molecular complexity index is 609. The van der Waals surface area contributed by atoms with Crippen LogP contribution in [-0.2, 0) is 16.4 Å². The predicted octanol–water partition coefficient (Wildman–Crippen LogP) is 3.15. The largest absolute Gasteiger partial charge is 0.416 e. The lowest BCUT2D eigenvalue weighted by Crippen LogP contribution is -2.38. The zero-order valence-electron chi connectivity index (χ0n) is 10.8. The van der Waals surface area contributed by atoms with Crippen molar-refractivity contribution in [3.05, 3.63) is 29.3 Å². The number of hydrogen-bond donors (Lipinski definition) is 0. The number of nitrogens with zero attached hydrogens (tertiary/aromatic N) is 2. The molecule has 20 heavy (non-hydrogen) atoms. The van der Waals surface area contributed by atoms with E-state index < -0.39 is 17.2 Å². The molecule has 1 aliphatic rings. The highest BCUT2D eigenvalue weighted by atomic mass is 32.2. The molecule has 1 aliphatic heterocycles. The molecule has 0 bridgehead atoms. The average molecular weight is 300 g/mol. The first-order valence-electron chi connectivity index (χ1n) is 5.72. The lowest BCUT2D eigenvalue weighted by atomic mass is 9.85. The molecule has 0 aromatic heterocycles. The normalized spacial score (nSPS) is 21.8. The molecule has 106 valence electrons. The molecule has 0 aliphatic carbocycles. The summed E-state index contributed by atoms with van der Waals surface area (Å²) in [5.74, 6) is -0.171. The van der Waals surface area contributed by atoms with Crippen molar-refractivity contribution >= 4 is 23.4 Å². The van der Waals surface area contributed by atoms with Gasteiger partial charge in [0.2, 0.25) is 5.91 Å². The Morgan fingerprint density at radius 1 is 1.45 bits per heavy atom. The molecule has 0 radical (unpaired) electrons. The number of carbonyl (C=O) groups excluding carboxylic acids is 1. The van der Waals surface area contributed by atoms with Gasteiger partial charge in [0.05, 0.1) is 11.0 Å². The maximum absolute atomic E-state index is 12.8. The molecular weight excluding hydrogens is 289 g/mol. The molecule has 0 fully saturated rings. The van der Waals surface area contributed by atoms with Crippen LogP contribution in [0.15, 0.2) is 18.2 Å². The molecule has 1 aromatic rings. The van der Waals surface area contributed by atoms with Crippen molar-refractivity contribution in [3.8, 4) is 5.40 Å². The number of rotatable bonds is 2. The average Bonchev–Trinajstić information content (AvgIpc) is 2.58. The standard InChI is InChI=1S/C13H11F3N2OS/c1-12(6-20-7-17)9-5-8(13(14,15)16)3-4-10(9)18(2)11(12)19/h3-5H,6H2,1-2H3. The van der Waals surface area contributed by atoms with Gasteiger partial charge in [-0.1, -0.05) is 0 Å². The van der Waals surface area contributed by atoms with Gasteiger partial charge >= 0.3 is 6.18 Å². The SMILES string of the molecule is CN1C(=O)C(C)(CSC#N)c2cc(C(F)(F)F)ccc21. The van der Waals surface area contributed by atoms with Gasteiger partial charge in [0.15, 0.2) is 0 Å². The van der Waals surface area contributed by atoms with Crippen molar-refractivity contribution in [1.82, 2.24) is 0 Å². The van der Waals surface area contributed by atoms with Crippen molar-refractivity contribution in [2.75, 3.05) is 17.7 Å². The summed E-state index contributed by atoms with van der Waals surface area (Å²) >= 11 is 0.864. The van der Waals surface area contributed by atoms with Gasteiger partial charge in [0, 0.05) is 18.5 Å². The summed E-state index contributed by atoms with van der Waals surface area (Å²) in [6.07, 6.45) is -4.46. The molecule has 0 saturated carbocycles. The van der Waals surface area contributed by atoms with Gasteiger partial charge in [0.25, 0.3) is 0 Å². The maximum Gasteiger partial charge on any atom is 0.416 e. The molecule has 0 saturated heterocycles. The van der Waals surface area contributed by atoms with Crippen LogP contribution >= 0.6 is 11.8 Å². The van der Waals surface area contributed by atoms with Crippen LogP contribution < -0.4 is 4.90 Å². The van der Waals surface area contributed by atoms with Crippen molar-refractivity contribution < 1.29 is 18.0 Å². The van der Waals surface area contributed by atoms with Gasteiger partial charge in [-0.3, -0.25) is 4.79 Å². The van der Waals surface area contributed by atoms with Crippen molar-refractivity contribution in [2.45, 2.75) is 18.5 Å². The Hall–Kier alpha value is -1.68. The van der Waals surface area contributed by atoms with Crippen molar-refractivity contribution in [1.29, 1.82) is 5.26 Å². The van der Waals surface area contributed by atoms with Crippen LogP contribution in [0, 0.1) is 10.7 Å². The Morgan fingerprint density at radius 3 is 2.65 bits per heavy atom. The number of benzene rings is 1. The number of anilines is 1. The van der Waals surface area contributed by atoms with Crippen LogP contribution in [0.2, 0.25) is 0 Å². The van der Waals surface area contributed by atoms with Crippen molar-refractivity contribution in [3.63, 3.8) is 0 Å². The molecule has 1 aromatic carbocycles. The van der Waals surface area contributed by atoms with E-state index in [4.69, 9.17) is 5.26 Å². The third-order valence-electron chi connectivity index (χ3n) is 3.48. The summed E-state index contributed by atoms with van der Waals surface area (Å²) in [5, 5.41) is 10.5. The summed E-state index contributed by atoms with van der Waals surface area (Å²) in [6.45, 7) is 1.57. The van der Waals surface area contributed by atoms with Crippen LogP contribution in [0.4, 0.5) is 18.9 Å². The zero-order chi connectivity index (χ0) is 15.1. The highest BCUT2D eigenvalue weighted by Gasteiger charge is 2.47. The van der Waals surface area contributed by atoms with Gasteiger partial charge in [-0.2, -0.15) is 18.4 Å². The van der Waals surface area contributed by atoms with Gasteiger partial charge in [-0.05, 0) is 42.4 Å². The molecule has 1 unspecified atom stereocenters. The number of amides is 1. The molecule has 1 amide bonds. The Kier molecular flexibility index (Phi) is 3.46. The molecule has 1 heterocycles. The van der Waals surface area contributed by atoms with E-state index in [1.165, 1.54) is 18.0 Å². The summed E-state index contributed by atoms with van der Waals surface area (Å²) in [4.78, 5) is 13.6. The molecule has 0 N–H and O–H groups in total. The summed E-state index contributed by atoms with van der Waals surface area (Å²) in [7, 11) is 1.52. The summed E-state index contributed by atoms with van der Waals surface area (Å²) < 4.78 is 38.4. The predicted molar refractivity (Wildman–Crippen MR) is 70.3 cm³/mol. The minimum Gasteiger partial charge on any atom is -0.314 e. The number of carbonyl (C=O) groups is 1. The number of nitriles is 1. The zero-order valence-corrected chi connectivity index (χ0v) is 11.6. The van der Waals surface area contributed by atoms with Crippen molar-refractivity contribution in [2.24, 2.45) is 0 Å². The van der Waals surface area contributed by atoms with Gasteiger partial charge in [0.1, 0.15) is 5.40 Å². The fraction of sp³-hybridized carbons (Fsp3) is 0.385. The topological polar surface area (TPSA) is 44.1 Å². The third kappa shape index (κ3) is 2.14. The van der Waals surface area contributed by atoms with E-state index >= 15 is 0 Å². The van der Waals surface area contributed by atoms with Crippen LogP contribution in [-0.4, -0.2) is 18.7 Å². The Balaban J connectivity index is 2.57. The first-order valence-corrected chi connectivity index (χ1v) is 6.71. The molecule has 7 heteroatoms. The molecule has 3 nitrogen and oxygen atoms in total. The smallest absolute Gasteiger partial charge is 0.314 e. The fourth-order valence-electron chi connectivity index (χ4n) is 2.36. The number of fused-ring (bicyclic) bond motifs is 1. The minimum absolute atomic E-state index is 0.126. The van der Waals surface area contributed by atoms with E-state index in [9.17, 15) is 18.0 Å². The van der Waals surface area contributed by atoms with E-state index in [1.807, 2.05) is 5.40 Å². The molecular formula is C13H11F3N2OS. The number of thiocyanates is 1. The number of alkyl halides is 3. The monoisotopic (exact) mass is 300 g/mol. The quantitative estimate of drug-likeness (QED) is 0.788. The molecule has 2 rings (SSSR count). The summed E-state index contributed by atoms with van der Waals surface area (Å²) in [5.41, 5.74) is -1.11. The maximum atomic E-state index is 12.8. The Morgan fingerprint density at radius 2 is 2.10 bits per heavy atom. The van der Waals surface area contributed by atoms with E-state index in [0.717, 1.165) is 23.9 Å². The molecule has 0 spiro atoms. The van der Waals surface area contributed by atoms with Gasteiger partial charge in [-0.15, -0.1) is 0 Å². The van der Waals surface area contributed by atoms with Crippen LogP contribution in [0.1, 0.15) is 18.1 Å². The minimum atomic E-state index is -4.46. The first kappa shape index (κ1) is 14.7. The van der Waals surface area contributed by atoms with Gasteiger partial charge < -0.3 is 4.90 Å². The van der Waals surface area contributed by atoms with E-state index in [-0.39, 0.29) is 11.7 Å². The van der Waals surface area contributed by atoms with Gasteiger partial charge in [-0.25, -0.2) is 0 Å². The highest BCUT2D eigenvalue weighted by Crippen LogP contribution is 2.45. The van der Waals surface area contributed by atoms with E-state index in [1.54, 1.807) is 6.92 Å². The third-order valence-corrected chi connectivity index (χ3v) is 4.33. The highest BCUT2D eigenvalue weighted by molar-refractivity contribution is 8.03. The second-order valence-electron chi connectivity index (χ2n) is 4.81. The lowest BCUT2D eigenvalue weighted by molar-refractivity contribution is -0.137. The first-order chi connectivity index (χ1) is 9.21. The van der Waals surface area contributed by atoms with E-state index in [0.29, 0.717) is 11.3 Å². The number of thioether (sulfide) groups is 1. The van der Waals surface area contributed by atoms with E-state index in [2.05, 4.69) is 0 Å². The number of likely N-dealkylation sites (N-methyl/N-ethyl adjacent to an activating group) is 1. The number of halogens is 3. The second-order valence-corrected chi connectivity index (χ2v) is 5.57. The Labute approximate surface area is 118 Å². The van der Waals surface area contributed by atoms with Crippen LogP contribution in [0.25, 0.3) is 0 Å². The fourth-order valence-corrected chi connectivity index (χ4v) is 2.99. The second kappa shape index (κ2) is 4.70. The lowest BCUT2D eigenvalue weighted by Gasteiger charge is -2.21. The summed E-state index contributed by atoms with van der Waals surface area (Å²) in [6, 6.07) is 3.28. The number of hydrogen-bond acceptors (Lipinski definition) is 3.